The largest absolute Gasteiger partial charge is 0.377 e. The first-order chi connectivity index (χ1) is 11.7. The molecule has 0 aromatic heterocycles. The Morgan fingerprint density at radius 3 is 2.58 bits per heavy atom. The molecular formula is C18H24N4O2. The number of nitrogens with zero attached hydrogens (tertiary/aromatic N) is 3. The van der Waals surface area contributed by atoms with Gasteiger partial charge in [-0.2, -0.15) is 5.26 Å². The van der Waals surface area contributed by atoms with Crippen LogP contribution in [0.5, 0.6) is 0 Å². The van der Waals surface area contributed by atoms with Crippen LogP contribution < -0.4 is 5.32 Å². The third kappa shape index (κ3) is 4.04. The lowest BCUT2D eigenvalue weighted by Gasteiger charge is -2.34. The minimum absolute atomic E-state index is 0.0116. The van der Waals surface area contributed by atoms with Gasteiger partial charge in [-0.3, -0.25) is 10.1 Å². The Labute approximate surface area is 142 Å². The molecule has 1 saturated carbocycles. The maximum absolute atomic E-state index is 11.2. The SMILES string of the molecule is N#Cc1ccc(NC2CCN(CC3CCCC3)CC2)c([N+](=O)[O-])c1. The number of hydrogen-bond donors (Lipinski definition) is 1. The van der Waals surface area contributed by atoms with E-state index in [9.17, 15) is 10.1 Å². The van der Waals surface area contributed by atoms with Crippen LogP contribution in [0.15, 0.2) is 18.2 Å². The van der Waals surface area contributed by atoms with Crippen LogP contribution in [0.1, 0.15) is 44.1 Å². The van der Waals surface area contributed by atoms with E-state index in [4.69, 9.17) is 5.26 Å². The molecular weight excluding hydrogens is 304 g/mol. The highest BCUT2D eigenvalue weighted by Gasteiger charge is 2.25. The van der Waals surface area contributed by atoms with Crippen LogP contribution in [0.3, 0.4) is 0 Å². The average molecular weight is 328 g/mol. The number of nitro benzene ring substituents is 1. The number of hydrogen-bond acceptors (Lipinski definition) is 5. The van der Waals surface area contributed by atoms with E-state index in [1.807, 2.05) is 6.07 Å². The van der Waals surface area contributed by atoms with E-state index in [0.717, 1.165) is 31.8 Å². The molecule has 1 aliphatic carbocycles. The van der Waals surface area contributed by atoms with Crippen molar-refractivity contribution in [3.63, 3.8) is 0 Å². The molecule has 1 aromatic carbocycles. The fraction of sp³-hybridized carbons (Fsp3) is 0.611. The van der Waals surface area contributed by atoms with Crippen LogP contribution in [0.4, 0.5) is 11.4 Å². The molecule has 0 bridgehead atoms. The van der Waals surface area contributed by atoms with E-state index in [0.29, 0.717) is 11.3 Å². The van der Waals surface area contributed by atoms with Crippen molar-refractivity contribution in [2.45, 2.75) is 44.6 Å². The van der Waals surface area contributed by atoms with Gasteiger partial charge in [-0.05, 0) is 43.7 Å². The molecule has 6 nitrogen and oxygen atoms in total. The Morgan fingerprint density at radius 1 is 1.25 bits per heavy atom. The summed E-state index contributed by atoms with van der Waals surface area (Å²) in [6.07, 6.45) is 7.51. The Kier molecular flexibility index (Phi) is 5.31. The number of anilines is 1. The van der Waals surface area contributed by atoms with E-state index in [-0.39, 0.29) is 11.7 Å². The summed E-state index contributed by atoms with van der Waals surface area (Å²) >= 11 is 0. The zero-order valence-corrected chi connectivity index (χ0v) is 13.9. The van der Waals surface area contributed by atoms with Gasteiger partial charge in [0.2, 0.25) is 0 Å². The van der Waals surface area contributed by atoms with Crippen molar-refractivity contribution in [1.82, 2.24) is 4.90 Å². The molecule has 2 fully saturated rings. The van der Waals surface area contributed by atoms with Gasteiger partial charge in [0, 0.05) is 31.7 Å². The Hall–Kier alpha value is -2.13. The molecule has 1 heterocycles. The number of rotatable bonds is 5. The number of piperidine rings is 1. The number of nitro groups is 1. The third-order valence-corrected chi connectivity index (χ3v) is 5.26. The molecule has 0 unspecified atom stereocenters. The van der Waals surface area contributed by atoms with Gasteiger partial charge >= 0.3 is 0 Å². The lowest BCUT2D eigenvalue weighted by Crippen LogP contribution is -2.41. The smallest absolute Gasteiger partial charge is 0.293 e. The van der Waals surface area contributed by atoms with Gasteiger partial charge in [0.05, 0.1) is 16.6 Å². The Balaban J connectivity index is 1.56. The zero-order chi connectivity index (χ0) is 16.9. The summed E-state index contributed by atoms with van der Waals surface area (Å²) in [5.74, 6) is 0.870. The molecule has 24 heavy (non-hydrogen) atoms. The predicted molar refractivity (Wildman–Crippen MR) is 92.9 cm³/mol. The summed E-state index contributed by atoms with van der Waals surface area (Å²) in [6.45, 7) is 3.32. The van der Waals surface area contributed by atoms with Crippen LogP contribution in [0.2, 0.25) is 0 Å². The Morgan fingerprint density at radius 2 is 1.96 bits per heavy atom. The highest BCUT2D eigenvalue weighted by atomic mass is 16.6. The van der Waals surface area contributed by atoms with Gasteiger partial charge in [-0.15, -0.1) is 0 Å². The molecule has 0 amide bonds. The molecule has 3 rings (SSSR count). The maximum atomic E-state index is 11.2. The third-order valence-electron chi connectivity index (χ3n) is 5.26. The Bertz CT molecular complexity index is 626. The molecule has 1 saturated heterocycles. The first-order valence-electron chi connectivity index (χ1n) is 8.83. The van der Waals surface area contributed by atoms with Crippen molar-refractivity contribution in [3.8, 4) is 6.07 Å². The standard InChI is InChI=1S/C18H24N4O2/c19-12-15-5-6-17(18(11-15)22(23)24)20-16-7-9-21(10-8-16)13-14-3-1-2-4-14/h5-6,11,14,16,20H,1-4,7-10,13H2. The van der Waals surface area contributed by atoms with E-state index < -0.39 is 4.92 Å². The summed E-state index contributed by atoms with van der Waals surface area (Å²) in [4.78, 5) is 13.3. The van der Waals surface area contributed by atoms with Gasteiger partial charge < -0.3 is 10.2 Å². The van der Waals surface area contributed by atoms with Crippen molar-refractivity contribution in [3.05, 3.63) is 33.9 Å². The van der Waals surface area contributed by atoms with Crippen molar-refractivity contribution < 1.29 is 4.92 Å². The monoisotopic (exact) mass is 328 g/mol. The summed E-state index contributed by atoms with van der Waals surface area (Å²) in [5.41, 5.74) is 0.828. The molecule has 0 radical (unpaired) electrons. The molecule has 1 N–H and O–H groups in total. The molecule has 0 spiro atoms. The van der Waals surface area contributed by atoms with Crippen LogP contribution in [-0.2, 0) is 0 Å². The summed E-state index contributed by atoms with van der Waals surface area (Å²) in [7, 11) is 0. The van der Waals surface area contributed by atoms with E-state index in [2.05, 4.69) is 10.2 Å². The van der Waals surface area contributed by atoms with Gasteiger partial charge in [0.1, 0.15) is 5.69 Å². The average Bonchev–Trinajstić information content (AvgIpc) is 3.10. The van der Waals surface area contributed by atoms with Gasteiger partial charge in [-0.1, -0.05) is 12.8 Å². The molecule has 6 heteroatoms. The van der Waals surface area contributed by atoms with Crippen molar-refractivity contribution >= 4 is 11.4 Å². The summed E-state index contributed by atoms with van der Waals surface area (Å²) in [5, 5.41) is 23.4. The number of benzene rings is 1. The van der Waals surface area contributed by atoms with Crippen LogP contribution >= 0.6 is 0 Å². The van der Waals surface area contributed by atoms with Crippen molar-refractivity contribution in [2.75, 3.05) is 25.0 Å². The first kappa shape index (κ1) is 16.7. The highest BCUT2D eigenvalue weighted by Crippen LogP contribution is 2.29. The van der Waals surface area contributed by atoms with Crippen LogP contribution in [0.25, 0.3) is 0 Å². The van der Waals surface area contributed by atoms with Gasteiger partial charge in [0.25, 0.3) is 5.69 Å². The van der Waals surface area contributed by atoms with Crippen molar-refractivity contribution in [2.24, 2.45) is 5.92 Å². The van der Waals surface area contributed by atoms with E-state index in [1.54, 1.807) is 12.1 Å². The molecule has 2 aliphatic rings. The second kappa shape index (κ2) is 7.63. The van der Waals surface area contributed by atoms with Gasteiger partial charge in [-0.25, -0.2) is 0 Å². The molecule has 128 valence electrons. The molecule has 1 aromatic rings. The number of nitrogens with one attached hydrogen (secondary N) is 1. The molecule has 0 atom stereocenters. The van der Waals surface area contributed by atoms with Gasteiger partial charge in [0.15, 0.2) is 0 Å². The highest BCUT2D eigenvalue weighted by molar-refractivity contribution is 5.64. The fourth-order valence-electron chi connectivity index (χ4n) is 3.91. The topological polar surface area (TPSA) is 82.2 Å². The lowest BCUT2D eigenvalue weighted by molar-refractivity contribution is -0.384. The fourth-order valence-corrected chi connectivity index (χ4v) is 3.91. The molecule has 1 aliphatic heterocycles. The van der Waals surface area contributed by atoms with Crippen LogP contribution in [-0.4, -0.2) is 35.5 Å². The zero-order valence-electron chi connectivity index (χ0n) is 13.9. The van der Waals surface area contributed by atoms with E-state index in [1.165, 1.54) is 38.3 Å². The second-order valence-electron chi connectivity index (χ2n) is 6.97. The lowest BCUT2D eigenvalue weighted by atomic mass is 10.0. The summed E-state index contributed by atoms with van der Waals surface area (Å²) < 4.78 is 0. The minimum atomic E-state index is -0.418. The minimum Gasteiger partial charge on any atom is -0.377 e. The predicted octanol–water partition coefficient (Wildman–Crippen LogP) is 3.53. The van der Waals surface area contributed by atoms with Crippen LogP contribution in [0, 0.1) is 27.4 Å². The quantitative estimate of drug-likeness (QED) is 0.660. The van der Waals surface area contributed by atoms with E-state index >= 15 is 0 Å². The second-order valence-corrected chi connectivity index (χ2v) is 6.97. The van der Waals surface area contributed by atoms with Crippen molar-refractivity contribution in [1.29, 1.82) is 5.26 Å². The first-order valence-corrected chi connectivity index (χ1v) is 8.83. The maximum Gasteiger partial charge on any atom is 0.293 e. The summed E-state index contributed by atoms with van der Waals surface area (Å²) in [6, 6.07) is 6.84. The number of nitriles is 1. The number of likely N-dealkylation sites (tertiary alicyclic amines) is 1. The normalized spacial score (nSPS) is 20.0.